The number of nitrogens with zero attached hydrogens (tertiary/aromatic N) is 8. The molecule has 4 saturated heterocycles. The SMILES string of the molecule is C#CCBr.C#CCC1CCN(C(=O)OC(C)(C)C)CC1.CC(C)(C)OC(=O)N1CCNCC1.CCOC(=O)c1cn(CC)c2ccc(C#CCN3CCN(C(=O)OC(C)(C)C)CC3)cc2c1=O.CCOC(=O)c1cn(CC)c2ccc(C#CCN3CCNCC3)cc2c1=O.CCOC(=O)c1cn(CC)c2ccc(I)cc2c1=O.O=C(O)C(F)(F)F. The second kappa shape index (κ2) is 50.3. The molecule has 0 radical (unpaired) electrons. The number of carbonyl (C=O) groups is 7. The second-order valence-electron chi connectivity index (χ2n) is 30.3. The fraction of sp³-hybridized carbons (Fsp3) is 0.523. The maximum atomic E-state index is 12.9. The van der Waals surface area contributed by atoms with E-state index in [1.54, 1.807) is 72.3 Å². The fourth-order valence-electron chi connectivity index (χ4n) is 11.9. The van der Waals surface area contributed by atoms with Gasteiger partial charge in [0.2, 0.25) is 16.3 Å². The lowest BCUT2D eigenvalue weighted by atomic mass is 9.94. The van der Waals surface area contributed by atoms with E-state index in [1.807, 2.05) is 133 Å². The lowest BCUT2D eigenvalue weighted by molar-refractivity contribution is -0.192. The summed E-state index contributed by atoms with van der Waals surface area (Å²) in [5, 5.41) is 15.8. The van der Waals surface area contributed by atoms with Crippen LogP contribution >= 0.6 is 38.5 Å². The Hall–Kier alpha value is -9.94. The lowest BCUT2D eigenvalue weighted by Crippen LogP contribution is -2.50. The number of carbonyl (C=O) groups excluding carboxylic acids is 6. The Morgan fingerprint density at radius 1 is 0.492 bits per heavy atom. The van der Waals surface area contributed by atoms with Gasteiger partial charge in [-0.15, -0.1) is 18.8 Å². The molecule has 3 N–H and O–H groups in total. The first-order chi connectivity index (χ1) is 56.6. The van der Waals surface area contributed by atoms with Gasteiger partial charge in [0.05, 0.1) is 54.8 Å². The van der Waals surface area contributed by atoms with Crippen LogP contribution in [0.1, 0.15) is 165 Å². The molecule has 3 aromatic heterocycles. The molecule has 4 aliphatic rings. The first kappa shape index (κ1) is 102. The number of hydrogen-bond acceptors (Lipinski definition) is 20. The number of carboxylic acids is 1. The smallest absolute Gasteiger partial charge is 0.475 e. The van der Waals surface area contributed by atoms with Crippen LogP contribution in [-0.4, -0.2) is 238 Å². The molecule has 0 spiro atoms. The summed E-state index contributed by atoms with van der Waals surface area (Å²) in [6, 6.07) is 16.7. The van der Waals surface area contributed by atoms with Gasteiger partial charge in [-0.05, 0) is 200 Å². The molecule has 120 heavy (non-hydrogen) atoms. The number of alkyl halides is 4. The molecule has 7 heterocycles. The Kier molecular flexibility index (Phi) is 43.0. The van der Waals surface area contributed by atoms with E-state index in [0.717, 1.165) is 123 Å². The van der Waals surface area contributed by atoms with Crippen LogP contribution in [0.5, 0.6) is 0 Å². The summed E-state index contributed by atoms with van der Waals surface area (Å²) in [7, 11) is 0. The maximum absolute atomic E-state index is 12.9. The summed E-state index contributed by atoms with van der Waals surface area (Å²) in [4.78, 5) is 128. The van der Waals surface area contributed by atoms with E-state index in [9.17, 15) is 56.3 Å². The molecule has 6 aromatic rings. The van der Waals surface area contributed by atoms with Gasteiger partial charge in [-0.1, -0.05) is 45.5 Å². The van der Waals surface area contributed by atoms with Crippen molar-refractivity contribution in [1.82, 2.24) is 48.8 Å². The van der Waals surface area contributed by atoms with Crippen molar-refractivity contribution in [3.05, 3.63) is 135 Å². The van der Waals surface area contributed by atoms with Gasteiger partial charge in [0, 0.05) is 167 Å². The van der Waals surface area contributed by atoms with Crippen molar-refractivity contribution in [2.75, 3.05) is 130 Å². The largest absolute Gasteiger partial charge is 0.490 e. The number of ether oxygens (including phenoxy) is 6. The van der Waals surface area contributed by atoms with Crippen molar-refractivity contribution in [1.29, 1.82) is 0 Å². The molecule has 10 rings (SSSR count). The highest BCUT2D eigenvalue weighted by Gasteiger charge is 2.38. The predicted molar refractivity (Wildman–Crippen MR) is 471 cm³/mol. The molecule has 0 aliphatic carbocycles. The molecular weight excluding hydrogens is 1730 g/mol. The van der Waals surface area contributed by atoms with Gasteiger partial charge in [0.1, 0.15) is 33.5 Å². The highest BCUT2D eigenvalue weighted by Crippen LogP contribution is 2.24. The second-order valence-corrected chi connectivity index (χ2v) is 32.1. The molecule has 3 aromatic carbocycles. The van der Waals surface area contributed by atoms with Gasteiger partial charge in [-0.25, -0.2) is 33.6 Å². The highest BCUT2D eigenvalue weighted by molar-refractivity contribution is 14.1. The van der Waals surface area contributed by atoms with E-state index in [-0.39, 0.29) is 76.7 Å². The third kappa shape index (κ3) is 34.7. The van der Waals surface area contributed by atoms with E-state index in [4.69, 9.17) is 51.2 Å². The summed E-state index contributed by atoms with van der Waals surface area (Å²) < 4.78 is 69.3. The highest BCUT2D eigenvalue weighted by atomic mass is 127. The van der Waals surface area contributed by atoms with Crippen LogP contribution in [0.15, 0.2) is 87.6 Å². The summed E-state index contributed by atoms with van der Waals surface area (Å²) in [6.45, 7) is 43.2. The van der Waals surface area contributed by atoms with E-state index in [1.165, 1.54) is 0 Å². The number of halogens is 5. The summed E-state index contributed by atoms with van der Waals surface area (Å²) in [5.74, 6) is 13.7. The predicted octanol–water partition coefficient (Wildman–Crippen LogP) is 12.5. The Morgan fingerprint density at radius 3 is 1.12 bits per heavy atom. The van der Waals surface area contributed by atoms with Crippen molar-refractivity contribution in [3.8, 4) is 48.4 Å². The van der Waals surface area contributed by atoms with Gasteiger partial charge < -0.3 is 72.6 Å². The topological polar surface area (TPSA) is 301 Å². The molecule has 0 atom stereocenters. The molecule has 32 heteroatoms. The third-order valence-electron chi connectivity index (χ3n) is 17.8. The average Bonchev–Trinajstić information content (AvgIpc) is 0.786. The van der Waals surface area contributed by atoms with Gasteiger partial charge in [-0.2, -0.15) is 13.2 Å². The van der Waals surface area contributed by atoms with Crippen molar-refractivity contribution >= 4 is 113 Å². The molecule has 4 aliphatic heterocycles. The summed E-state index contributed by atoms with van der Waals surface area (Å²) in [5.41, 5.74) is 1.84. The van der Waals surface area contributed by atoms with Crippen molar-refractivity contribution < 1.29 is 80.3 Å². The number of piperazine rings is 3. The van der Waals surface area contributed by atoms with Crippen LogP contribution in [0.2, 0.25) is 0 Å². The number of carboxylic acid groups (broad SMARTS) is 1. The van der Waals surface area contributed by atoms with Crippen LogP contribution in [0, 0.1) is 57.9 Å². The van der Waals surface area contributed by atoms with Gasteiger partial charge in [-0.3, -0.25) is 24.2 Å². The number of likely N-dealkylation sites (tertiary alicyclic amines) is 1. The number of aromatic nitrogens is 3. The van der Waals surface area contributed by atoms with Gasteiger partial charge >= 0.3 is 48.3 Å². The number of hydrogen-bond donors (Lipinski definition) is 3. The number of terminal acetylenes is 2. The molecule has 654 valence electrons. The standard InChI is InChI=1S/C26H33N3O5.C21H25N3O3.C14H14INO3.C13H21NO2.C9H18N2O2.C3H3Br.C2HF3O2/c1-6-28-18-21(24(31)33-7-2)23(30)20-17-19(10-11-22(20)28)9-8-12-27-13-15-29(16-14-27)25(32)34-26(3,4)5;1-3-24-15-18(21(26)27-4-2)20(25)17-14-16(7-8-19(17)24)6-5-11-23-12-9-22-10-13-23;1-3-16-8-11(14(18)19-4-2)13(17)10-7-9(15)5-6-12(10)16;1-5-6-11-7-9-14(10-8-11)12(15)16-13(2,3)4;1-9(2,3)13-8(12)11-6-4-10-5-7-11;1-2-3-4;3-2(4,5)1(6)7/h10-11,17-18H,6-7,12-16H2,1-5H3;7-8,14-15,22H,3-4,9-13H2,1-2H3;5-8H,3-4H2,1-2H3;1,11H,6-10H2,2-4H3;10H,4-7H2,1-3H3;1H,3H2;(H,6,7). The van der Waals surface area contributed by atoms with Gasteiger partial charge in [0.15, 0.2) is 0 Å². The van der Waals surface area contributed by atoms with Crippen molar-refractivity contribution in [2.24, 2.45) is 5.92 Å². The summed E-state index contributed by atoms with van der Waals surface area (Å²) >= 11 is 5.16. The number of pyridine rings is 3. The Bertz CT molecular complexity index is 4870. The number of esters is 3. The number of aryl methyl sites for hydroxylation is 3. The quantitative estimate of drug-likeness (QED) is 0.0337. The Balaban J connectivity index is 0.000000316. The van der Waals surface area contributed by atoms with Crippen LogP contribution in [0.4, 0.5) is 27.6 Å². The minimum Gasteiger partial charge on any atom is -0.475 e. The zero-order chi connectivity index (χ0) is 89.7. The van der Waals surface area contributed by atoms with Crippen LogP contribution < -0.4 is 26.9 Å². The van der Waals surface area contributed by atoms with Crippen molar-refractivity contribution in [2.45, 2.75) is 166 Å². The van der Waals surface area contributed by atoms with Gasteiger partial charge in [0.25, 0.3) is 0 Å². The normalized spacial score (nSPS) is 14.3. The first-order valence-corrected chi connectivity index (χ1v) is 42.0. The number of amides is 3. The number of benzene rings is 3. The van der Waals surface area contributed by atoms with E-state index >= 15 is 0 Å². The molecule has 0 bridgehead atoms. The monoisotopic (exact) mass is 1850 g/mol. The minimum absolute atomic E-state index is 0.0316. The number of rotatable bonds is 12. The first-order valence-electron chi connectivity index (χ1n) is 39.8. The zero-order valence-electron chi connectivity index (χ0n) is 71.5. The molecule has 0 unspecified atom stereocenters. The van der Waals surface area contributed by atoms with Crippen LogP contribution in [0.3, 0.4) is 0 Å². The zero-order valence-corrected chi connectivity index (χ0v) is 75.2. The number of nitrogens with one attached hydrogen (secondary N) is 2. The summed E-state index contributed by atoms with van der Waals surface area (Å²) in [6.07, 6.45) is 11.8. The molecule has 0 saturated carbocycles. The molecule has 4 fully saturated rings. The number of aliphatic carboxylic acids is 1. The van der Waals surface area contributed by atoms with Crippen LogP contribution in [0.25, 0.3) is 32.7 Å². The van der Waals surface area contributed by atoms with E-state index < -0.39 is 41.3 Å². The van der Waals surface area contributed by atoms with Crippen LogP contribution in [-0.2, 0) is 52.8 Å². The maximum Gasteiger partial charge on any atom is 0.490 e. The number of fused-ring (bicyclic) bond motifs is 3. The third-order valence-corrected chi connectivity index (χ3v) is 18.8. The van der Waals surface area contributed by atoms with E-state index in [2.05, 4.69) is 94.5 Å². The Labute approximate surface area is 723 Å². The van der Waals surface area contributed by atoms with Crippen molar-refractivity contribution in [3.63, 3.8) is 0 Å². The lowest BCUT2D eigenvalue weighted by Gasteiger charge is -2.34. The molecule has 27 nitrogen and oxygen atoms in total. The number of piperidine rings is 1. The van der Waals surface area contributed by atoms with E-state index in [0.29, 0.717) is 78.8 Å². The average molecular weight is 1850 g/mol. The minimum atomic E-state index is -5.08. The fourth-order valence-corrected chi connectivity index (χ4v) is 12.4. The Morgan fingerprint density at radius 2 is 0.808 bits per heavy atom. The molecular formula is C88H115BrF3IN10O17. The molecule has 3 amide bonds.